The predicted octanol–water partition coefficient (Wildman–Crippen LogP) is 0.963. The Kier molecular flexibility index (Phi) is 2.44. The summed E-state index contributed by atoms with van der Waals surface area (Å²) in [7, 11) is 1.86. The number of nitrogens with one attached hydrogen (secondary N) is 1. The minimum absolute atomic E-state index is 0.118. The van der Waals surface area contributed by atoms with Crippen molar-refractivity contribution in [3.8, 4) is 0 Å². The number of hydrogen-bond acceptors (Lipinski definition) is 2. The lowest BCUT2D eigenvalue weighted by atomic mass is 10.1. The van der Waals surface area contributed by atoms with Crippen molar-refractivity contribution in [3.63, 3.8) is 0 Å². The summed E-state index contributed by atoms with van der Waals surface area (Å²) in [5, 5.41) is 3.02. The van der Waals surface area contributed by atoms with Crippen molar-refractivity contribution in [3.05, 3.63) is 0 Å². The van der Waals surface area contributed by atoms with Crippen molar-refractivity contribution in [2.24, 2.45) is 5.92 Å². The van der Waals surface area contributed by atoms with Crippen LogP contribution in [0.4, 0.5) is 0 Å². The van der Waals surface area contributed by atoms with E-state index in [1.807, 2.05) is 7.05 Å². The van der Waals surface area contributed by atoms with Gasteiger partial charge in [0.25, 0.3) is 0 Å². The number of Topliss-reactive ketones (excluding diaryl/α,β-unsaturated/α-hetero) is 1. The Bertz CT molecular complexity index is 129. The minimum Gasteiger partial charge on any atom is -0.311 e. The molecule has 1 rings (SSSR count). The molecule has 0 unspecified atom stereocenters. The van der Waals surface area contributed by atoms with Gasteiger partial charge in [-0.2, -0.15) is 0 Å². The smallest absolute Gasteiger partial charge is 0.146 e. The topological polar surface area (TPSA) is 29.1 Å². The van der Waals surface area contributed by atoms with Crippen molar-refractivity contribution in [1.29, 1.82) is 0 Å². The van der Waals surface area contributed by atoms with E-state index in [9.17, 15) is 4.79 Å². The maximum Gasteiger partial charge on any atom is 0.146 e. The third-order valence-electron chi connectivity index (χ3n) is 2.11. The van der Waals surface area contributed by atoms with Gasteiger partial charge in [0.05, 0.1) is 6.04 Å². The first-order valence-corrected chi connectivity index (χ1v) is 3.91. The molecule has 1 aliphatic rings. The standard InChI is InChI=1S/C8H15NO/c1-6(10)8(9-2)5-7-3-4-7/h7-9H,3-5H2,1-2H3/t8-/m1/s1. The van der Waals surface area contributed by atoms with Crippen molar-refractivity contribution < 1.29 is 4.79 Å². The first-order chi connectivity index (χ1) is 4.74. The number of ketones is 1. The zero-order valence-corrected chi connectivity index (χ0v) is 6.68. The van der Waals surface area contributed by atoms with Gasteiger partial charge in [-0.1, -0.05) is 12.8 Å². The van der Waals surface area contributed by atoms with Gasteiger partial charge < -0.3 is 5.32 Å². The van der Waals surface area contributed by atoms with Crippen LogP contribution in [-0.4, -0.2) is 18.9 Å². The van der Waals surface area contributed by atoms with Gasteiger partial charge in [0.2, 0.25) is 0 Å². The van der Waals surface area contributed by atoms with Gasteiger partial charge in [0, 0.05) is 0 Å². The lowest BCUT2D eigenvalue weighted by Crippen LogP contribution is -2.32. The van der Waals surface area contributed by atoms with E-state index in [0.717, 1.165) is 12.3 Å². The monoisotopic (exact) mass is 141 g/mol. The Morgan fingerprint density at radius 3 is 2.60 bits per heavy atom. The second-order valence-electron chi connectivity index (χ2n) is 3.13. The third kappa shape index (κ3) is 2.10. The molecule has 2 nitrogen and oxygen atoms in total. The van der Waals surface area contributed by atoms with Crippen LogP contribution in [0.5, 0.6) is 0 Å². The molecule has 1 aliphatic carbocycles. The highest BCUT2D eigenvalue weighted by Gasteiger charge is 2.26. The summed E-state index contributed by atoms with van der Waals surface area (Å²) in [6, 6.07) is 0.118. The van der Waals surface area contributed by atoms with E-state index in [4.69, 9.17) is 0 Å². The highest BCUT2D eigenvalue weighted by Crippen LogP contribution is 2.33. The largest absolute Gasteiger partial charge is 0.311 e. The summed E-state index contributed by atoms with van der Waals surface area (Å²) in [5.74, 6) is 1.11. The summed E-state index contributed by atoms with van der Waals surface area (Å²) in [6.45, 7) is 1.66. The van der Waals surface area contributed by atoms with Crippen LogP contribution in [0.3, 0.4) is 0 Å². The second kappa shape index (κ2) is 3.15. The molecule has 1 atom stereocenters. The average molecular weight is 141 g/mol. The molecule has 0 bridgehead atoms. The van der Waals surface area contributed by atoms with Crippen LogP contribution in [0.1, 0.15) is 26.2 Å². The first-order valence-electron chi connectivity index (χ1n) is 3.91. The van der Waals surface area contributed by atoms with E-state index in [-0.39, 0.29) is 11.8 Å². The molecule has 0 aromatic rings. The Morgan fingerprint density at radius 2 is 2.30 bits per heavy atom. The van der Waals surface area contributed by atoms with Gasteiger partial charge in [-0.15, -0.1) is 0 Å². The normalized spacial score (nSPS) is 20.6. The minimum atomic E-state index is 0.118. The number of carbonyl (C=O) groups excluding carboxylic acids is 1. The van der Waals surface area contributed by atoms with Crippen LogP contribution in [0, 0.1) is 5.92 Å². The van der Waals surface area contributed by atoms with Crippen molar-refractivity contribution in [2.75, 3.05) is 7.05 Å². The zero-order valence-electron chi connectivity index (χ0n) is 6.68. The molecule has 10 heavy (non-hydrogen) atoms. The summed E-state index contributed by atoms with van der Waals surface area (Å²) in [5.41, 5.74) is 0. The van der Waals surface area contributed by atoms with E-state index in [0.29, 0.717) is 0 Å². The van der Waals surface area contributed by atoms with Crippen LogP contribution in [0.15, 0.2) is 0 Å². The fraction of sp³-hybridized carbons (Fsp3) is 0.875. The Balaban J connectivity index is 2.24. The summed E-state index contributed by atoms with van der Waals surface area (Å²) < 4.78 is 0. The molecule has 1 saturated carbocycles. The van der Waals surface area contributed by atoms with Gasteiger partial charge in [-0.3, -0.25) is 4.79 Å². The van der Waals surface area contributed by atoms with Crippen LogP contribution >= 0.6 is 0 Å². The molecule has 0 aromatic heterocycles. The molecule has 58 valence electrons. The molecule has 1 N–H and O–H groups in total. The molecular formula is C8H15NO. The Labute approximate surface area is 62.0 Å². The number of carbonyl (C=O) groups is 1. The van der Waals surface area contributed by atoms with E-state index in [1.54, 1.807) is 6.92 Å². The molecule has 0 amide bonds. The fourth-order valence-corrected chi connectivity index (χ4v) is 1.17. The van der Waals surface area contributed by atoms with E-state index >= 15 is 0 Å². The van der Waals surface area contributed by atoms with Crippen molar-refractivity contribution in [2.45, 2.75) is 32.2 Å². The lowest BCUT2D eigenvalue weighted by molar-refractivity contribution is -0.119. The molecule has 0 radical (unpaired) electrons. The molecule has 0 aromatic carbocycles. The van der Waals surface area contributed by atoms with Crippen LogP contribution < -0.4 is 5.32 Å². The van der Waals surface area contributed by atoms with Crippen molar-refractivity contribution >= 4 is 5.78 Å². The molecular weight excluding hydrogens is 126 g/mol. The third-order valence-corrected chi connectivity index (χ3v) is 2.11. The van der Waals surface area contributed by atoms with Crippen LogP contribution in [-0.2, 0) is 4.79 Å². The number of likely N-dealkylation sites (N-methyl/N-ethyl adjacent to an activating group) is 1. The van der Waals surface area contributed by atoms with Gasteiger partial charge in [0.15, 0.2) is 0 Å². The van der Waals surface area contributed by atoms with Crippen LogP contribution in [0.2, 0.25) is 0 Å². The predicted molar refractivity (Wildman–Crippen MR) is 40.9 cm³/mol. The summed E-state index contributed by atoms with van der Waals surface area (Å²) in [4.78, 5) is 10.9. The molecule has 0 spiro atoms. The van der Waals surface area contributed by atoms with E-state index in [2.05, 4.69) is 5.32 Å². The average Bonchev–Trinajstić information content (AvgIpc) is 2.64. The number of hydrogen-bond donors (Lipinski definition) is 1. The lowest BCUT2D eigenvalue weighted by Gasteiger charge is -2.10. The molecule has 1 fully saturated rings. The second-order valence-corrected chi connectivity index (χ2v) is 3.13. The summed E-state index contributed by atoms with van der Waals surface area (Å²) >= 11 is 0. The van der Waals surface area contributed by atoms with Gasteiger partial charge >= 0.3 is 0 Å². The first kappa shape index (κ1) is 7.73. The van der Waals surface area contributed by atoms with E-state index in [1.165, 1.54) is 12.8 Å². The molecule has 2 heteroatoms. The van der Waals surface area contributed by atoms with E-state index < -0.39 is 0 Å². The molecule has 0 saturated heterocycles. The quantitative estimate of drug-likeness (QED) is 0.632. The summed E-state index contributed by atoms with van der Waals surface area (Å²) in [6.07, 6.45) is 3.70. The van der Waals surface area contributed by atoms with Crippen molar-refractivity contribution in [1.82, 2.24) is 5.32 Å². The maximum absolute atomic E-state index is 10.9. The number of rotatable bonds is 4. The maximum atomic E-state index is 10.9. The van der Waals surface area contributed by atoms with Gasteiger partial charge in [0.1, 0.15) is 5.78 Å². The fourth-order valence-electron chi connectivity index (χ4n) is 1.17. The van der Waals surface area contributed by atoms with Gasteiger partial charge in [-0.05, 0) is 26.3 Å². The zero-order chi connectivity index (χ0) is 7.56. The highest BCUT2D eigenvalue weighted by molar-refractivity contribution is 5.81. The Hall–Kier alpha value is -0.370. The SMILES string of the molecule is CN[C@H](CC1CC1)C(C)=O. The highest BCUT2D eigenvalue weighted by atomic mass is 16.1. The Morgan fingerprint density at radius 1 is 1.70 bits per heavy atom. The molecule has 0 aliphatic heterocycles. The van der Waals surface area contributed by atoms with Crippen LogP contribution in [0.25, 0.3) is 0 Å². The molecule has 0 heterocycles. The van der Waals surface area contributed by atoms with Gasteiger partial charge in [-0.25, -0.2) is 0 Å².